The molecule has 0 saturated heterocycles. The summed E-state index contributed by atoms with van der Waals surface area (Å²) >= 11 is 9.98. The zero-order valence-corrected chi connectivity index (χ0v) is 8.38. The van der Waals surface area contributed by atoms with Crippen LogP contribution in [0.1, 0.15) is 25.7 Å². The van der Waals surface area contributed by atoms with Crippen LogP contribution in [-0.2, 0) is 12.6 Å². The van der Waals surface area contributed by atoms with Gasteiger partial charge in [-0.25, -0.2) is 0 Å². The second-order valence-electron chi connectivity index (χ2n) is 3.14. The first-order valence-corrected chi connectivity index (χ1v) is 4.60. The topological polar surface area (TPSA) is 3.24 Å². The van der Waals surface area contributed by atoms with Crippen molar-refractivity contribution in [3.63, 3.8) is 0 Å². The second-order valence-corrected chi connectivity index (χ2v) is 4.17. The summed E-state index contributed by atoms with van der Waals surface area (Å²) in [6.45, 7) is 0. The summed E-state index contributed by atoms with van der Waals surface area (Å²) in [6, 6.07) is 1.47. The van der Waals surface area contributed by atoms with Gasteiger partial charge in [-0.1, -0.05) is 4.32 Å². The fourth-order valence-electron chi connectivity index (χ4n) is 1.30. The van der Waals surface area contributed by atoms with Gasteiger partial charge in [-0.15, -0.1) is 0 Å². The van der Waals surface area contributed by atoms with Crippen molar-refractivity contribution in [1.29, 1.82) is 0 Å². The first-order valence-electron chi connectivity index (χ1n) is 3.78. The number of hydrogen-bond donors (Lipinski definition) is 0. The maximum absolute atomic E-state index is 4.99. The third-order valence-corrected chi connectivity index (χ3v) is 2.51. The molecule has 2 rings (SSSR count). The summed E-state index contributed by atoms with van der Waals surface area (Å²) in [5.41, 5.74) is 0. The van der Waals surface area contributed by atoms with Gasteiger partial charge in [0, 0.05) is 12.1 Å². The zero-order chi connectivity index (χ0) is 7.14. The molecule has 0 aromatic heterocycles. The molecule has 2 aliphatic rings. The Hall–Kier alpha value is 0.707. The molecule has 0 bridgehead atoms. The van der Waals surface area contributed by atoms with Crippen molar-refractivity contribution in [2.45, 2.75) is 37.8 Å². The van der Waals surface area contributed by atoms with E-state index in [0.717, 1.165) is 12.1 Å². The Kier molecular flexibility index (Phi) is 3.22. The third kappa shape index (κ3) is 2.32. The van der Waals surface area contributed by atoms with E-state index in [4.69, 9.17) is 24.8 Å². The summed E-state index contributed by atoms with van der Waals surface area (Å²) in [7, 11) is 0. The summed E-state index contributed by atoms with van der Waals surface area (Å²) in [6.07, 6.45) is 5.25. The molecule has 0 amide bonds. The van der Waals surface area contributed by atoms with E-state index < -0.39 is 0 Å². The minimum atomic E-state index is 0. The van der Waals surface area contributed by atoms with E-state index in [-0.39, 0.29) is 18.9 Å². The third-order valence-electron chi connectivity index (χ3n) is 2.09. The van der Waals surface area contributed by atoms with E-state index in [1.54, 1.807) is 0 Å². The van der Waals surface area contributed by atoms with E-state index in [2.05, 4.69) is 4.90 Å². The van der Waals surface area contributed by atoms with E-state index >= 15 is 0 Å². The standard InChI is InChI=1S/C7H11NS2.Li/c9-7(10)8(5-1-2-5)6-3-4-6;/h5-6H,1-4H2,(H,9,10);/q;+1/p-1. The summed E-state index contributed by atoms with van der Waals surface area (Å²) in [5.74, 6) is 0. The Morgan fingerprint density at radius 3 is 1.73 bits per heavy atom. The van der Waals surface area contributed by atoms with Gasteiger partial charge >= 0.3 is 18.9 Å². The number of rotatable bonds is 2. The second kappa shape index (κ2) is 3.61. The first kappa shape index (κ1) is 9.79. The molecule has 0 radical (unpaired) electrons. The molecule has 2 fully saturated rings. The van der Waals surface area contributed by atoms with Gasteiger partial charge < -0.3 is 29.7 Å². The molecule has 1 nitrogen and oxygen atoms in total. The Morgan fingerprint density at radius 1 is 1.18 bits per heavy atom. The van der Waals surface area contributed by atoms with Crippen molar-refractivity contribution in [1.82, 2.24) is 4.90 Å². The zero-order valence-electron chi connectivity index (χ0n) is 6.75. The van der Waals surface area contributed by atoms with Crippen LogP contribution in [0, 0.1) is 0 Å². The SMILES string of the molecule is S=C([S-])N(C1CC1)C1CC1.[Li+]. The quantitative estimate of drug-likeness (QED) is 0.287. The Bertz CT molecular complexity index is 154. The molecule has 2 saturated carbocycles. The maximum Gasteiger partial charge on any atom is 1.00 e. The molecular formula is C7H10LiNS2. The summed E-state index contributed by atoms with van der Waals surface area (Å²) < 4.78 is 0.699. The van der Waals surface area contributed by atoms with Crippen molar-refractivity contribution < 1.29 is 18.9 Å². The molecule has 0 heterocycles. The molecule has 11 heavy (non-hydrogen) atoms. The average molecular weight is 179 g/mol. The molecular weight excluding hydrogens is 169 g/mol. The Morgan fingerprint density at radius 2 is 1.55 bits per heavy atom. The van der Waals surface area contributed by atoms with Crippen LogP contribution in [0.2, 0.25) is 0 Å². The normalized spacial score (nSPS) is 22.2. The fourth-order valence-corrected chi connectivity index (χ4v) is 1.90. The van der Waals surface area contributed by atoms with Gasteiger partial charge in [0.05, 0.1) is 0 Å². The van der Waals surface area contributed by atoms with E-state index in [1.807, 2.05) is 0 Å². The van der Waals surface area contributed by atoms with Gasteiger partial charge in [0.1, 0.15) is 0 Å². The van der Waals surface area contributed by atoms with Crippen molar-refractivity contribution >= 4 is 29.2 Å². The first-order chi connectivity index (χ1) is 4.79. The molecule has 56 valence electrons. The van der Waals surface area contributed by atoms with Gasteiger partial charge in [0.15, 0.2) is 0 Å². The van der Waals surface area contributed by atoms with Crippen LogP contribution in [0.25, 0.3) is 0 Å². The Balaban J connectivity index is 0.000000605. The maximum atomic E-state index is 4.99. The average Bonchev–Trinajstić information content (AvgIpc) is 2.49. The van der Waals surface area contributed by atoms with Crippen LogP contribution in [0.5, 0.6) is 0 Å². The van der Waals surface area contributed by atoms with E-state index in [1.165, 1.54) is 25.7 Å². The van der Waals surface area contributed by atoms with Crippen LogP contribution >= 0.6 is 12.2 Å². The van der Waals surface area contributed by atoms with Crippen LogP contribution in [0.4, 0.5) is 0 Å². The fraction of sp³-hybridized carbons (Fsp3) is 0.857. The van der Waals surface area contributed by atoms with Gasteiger partial charge in [-0.3, -0.25) is 0 Å². The van der Waals surface area contributed by atoms with Crippen molar-refractivity contribution in [3.8, 4) is 0 Å². The van der Waals surface area contributed by atoms with Crippen LogP contribution in [-0.4, -0.2) is 21.3 Å². The molecule has 4 heteroatoms. The predicted octanol–water partition coefficient (Wildman–Crippen LogP) is -1.55. The van der Waals surface area contributed by atoms with E-state index in [0.29, 0.717) is 4.32 Å². The molecule has 0 N–H and O–H groups in total. The monoisotopic (exact) mass is 179 g/mol. The largest absolute Gasteiger partial charge is 1.00 e. The smallest absolute Gasteiger partial charge is 0.411 e. The molecule has 2 aliphatic carbocycles. The predicted molar refractivity (Wildman–Crippen MR) is 47.8 cm³/mol. The molecule has 0 atom stereocenters. The molecule has 0 aliphatic heterocycles. The van der Waals surface area contributed by atoms with E-state index in [9.17, 15) is 0 Å². The number of hydrogen-bond acceptors (Lipinski definition) is 2. The molecule has 0 unspecified atom stereocenters. The van der Waals surface area contributed by atoms with Crippen molar-refractivity contribution in [2.24, 2.45) is 0 Å². The van der Waals surface area contributed by atoms with Gasteiger partial charge in [0.25, 0.3) is 0 Å². The summed E-state index contributed by atoms with van der Waals surface area (Å²) in [4.78, 5) is 2.27. The minimum absolute atomic E-state index is 0. The minimum Gasteiger partial charge on any atom is -0.411 e. The van der Waals surface area contributed by atoms with Crippen LogP contribution in [0.15, 0.2) is 0 Å². The van der Waals surface area contributed by atoms with Crippen LogP contribution < -0.4 is 18.9 Å². The van der Waals surface area contributed by atoms with Crippen LogP contribution in [0.3, 0.4) is 0 Å². The number of thiocarbonyl (C=S) groups is 1. The Labute approximate surface area is 90.5 Å². The van der Waals surface area contributed by atoms with Crippen molar-refractivity contribution in [2.75, 3.05) is 0 Å². The molecule has 0 aromatic carbocycles. The van der Waals surface area contributed by atoms with Gasteiger partial charge in [-0.05, 0) is 25.7 Å². The molecule has 0 aromatic rings. The molecule has 0 spiro atoms. The van der Waals surface area contributed by atoms with Gasteiger partial charge in [-0.2, -0.15) is 0 Å². The van der Waals surface area contributed by atoms with Gasteiger partial charge in [0.2, 0.25) is 0 Å². The van der Waals surface area contributed by atoms with Crippen molar-refractivity contribution in [3.05, 3.63) is 0 Å². The summed E-state index contributed by atoms with van der Waals surface area (Å²) in [5, 5.41) is 0. The number of nitrogens with zero attached hydrogens (tertiary/aromatic N) is 1.